The fourth-order valence-corrected chi connectivity index (χ4v) is 2.49. The largest absolute Gasteiger partial charge is 0.456 e. The van der Waals surface area contributed by atoms with Gasteiger partial charge in [0, 0.05) is 27.7 Å². The highest BCUT2D eigenvalue weighted by Crippen LogP contribution is 2.30. The van der Waals surface area contributed by atoms with E-state index in [1.165, 1.54) is 0 Å². The molecule has 1 heterocycles. The molecule has 1 fully saturated rings. The predicted octanol–water partition coefficient (Wildman–Crippen LogP) is 0.308. The van der Waals surface area contributed by atoms with Gasteiger partial charge >= 0.3 is 23.9 Å². The van der Waals surface area contributed by atoms with Crippen LogP contribution in [-0.2, 0) is 42.9 Å². The Labute approximate surface area is 143 Å². The number of alkyl halides is 1. The van der Waals surface area contributed by atoms with Crippen LogP contribution < -0.4 is 0 Å². The number of carbonyl (C=O) groups excluding carboxylic acids is 4. The first-order valence-electron chi connectivity index (χ1n) is 7.06. The summed E-state index contributed by atoms with van der Waals surface area (Å²) in [6.07, 6.45) is -6.03. The average molecular weight is 367 g/mol. The zero-order chi connectivity index (χ0) is 18.4. The molecule has 0 saturated carbocycles. The van der Waals surface area contributed by atoms with Gasteiger partial charge in [-0.3, -0.25) is 19.2 Å². The van der Waals surface area contributed by atoms with E-state index in [1.807, 2.05) is 0 Å². The quantitative estimate of drug-likeness (QED) is 0.385. The third kappa shape index (κ3) is 5.64. The Bertz CT molecular complexity index is 506. The van der Waals surface area contributed by atoms with Crippen molar-refractivity contribution in [3.05, 3.63) is 0 Å². The van der Waals surface area contributed by atoms with Crippen LogP contribution in [0.2, 0.25) is 0 Å². The Morgan fingerprint density at radius 2 is 1.17 bits per heavy atom. The molecule has 0 amide bonds. The van der Waals surface area contributed by atoms with Crippen molar-refractivity contribution >= 4 is 35.5 Å². The lowest BCUT2D eigenvalue weighted by Crippen LogP contribution is -2.62. The number of halogens is 1. The van der Waals surface area contributed by atoms with Crippen LogP contribution in [0.1, 0.15) is 27.7 Å². The van der Waals surface area contributed by atoms with Crippen molar-refractivity contribution in [2.75, 3.05) is 5.88 Å². The molecule has 0 radical (unpaired) electrons. The summed E-state index contributed by atoms with van der Waals surface area (Å²) in [5, 5.41) is 0. The van der Waals surface area contributed by atoms with Crippen LogP contribution in [0.5, 0.6) is 0 Å². The fraction of sp³-hybridized carbons (Fsp3) is 0.714. The number of carbonyl (C=O) groups is 4. The van der Waals surface area contributed by atoms with Gasteiger partial charge in [0.05, 0.1) is 5.88 Å². The van der Waals surface area contributed by atoms with Crippen molar-refractivity contribution in [1.29, 1.82) is 0 Å². The molecule has 0 N–H and O–H groups in total. The zero-order valence-electron chi connectivity index (χ0n) is 13.6. The summed E-state index contributed by atoms with van der Waals surface area (Å²) in [7, 11) is 0. The maximum Gasteiger partial charge on any atom is 0.305 e. The smallest absolute Gasteiger partial charge is 0.305 e. The molecule has 1 aliphatic heterocycles. The Morgan fingerprint density at radius 1 is 0.750 bits per heavy atom. The number of hydrogen-bond acceptors (Lipinski definition) is 9. The third-order valence-corrected chi connectivity index (χ3v) is 3.24. The molecular weight excluding hydrogens is 348 g/mol. The zero-order valence-corrected chi connectivity index (χ0v) is 14.4. The summed E-state index contributed by atoms with van der Waals surface area (Å²) < 4.78 is 25.8. The van der Waals surface area contributed by atoms with E-state index in [-0.39, 0.29) is 5.88 Å². The summed E-state index contributed by atoms with van der Waals surface area (Å²) >= 11 is 5.81. The van der Waals surface area contributed by atoms with Crippen molar-refractivity contribution < 1.29 is 42.9 Å². The molecule has 0 spiro atoms. The summed E-state index contributed by atoms with van der Waals surface area (Å²) in [4.78, 5) is 45.4. The first-order chi connectivity index (χ1) is 11.1. The van der Waals surface area contributed by atoms with Crippen LogP contribution in [0.15, 0.2) is 0 Å². The highest BCUT2D eigenvalue weighted by molar-refractivity contribution is 6.18. The van der Waals surface area contributed by atoms with E-state index in [2.05, 4.69) is 0 Å². The number of ether oxygens (including phenoxy) is 5. The van der Waals surface area contributed by atoms with E-state index in [0.717, 1.165) is 27.7 Å². The molecule has 1 rings (SSSR count). The van der Waals surface area contributed by atoms with Gasteiger partial charge in [-0.25, -0.2) is 0 Å². The van der Waals surface area contributed by atoms with Crippen LogP contribution in [0.25, 0.3) is 0 Å². The van der Waals surface area contributed by atoms with E-state index in [0.29, 0.717) is 0 Å². The maximum atomic E-state index is 11.4. The van der Waals surface area contributed by atoms with Gasteiger partial charge in [0.2, 0.25) is 12.4 Å². The van der Waals surface area contributed by atoms with E-state index in [1.54, 1.807) is 0 Å². The van der Waals surface area contributed by atoms with E-state index in [9.17, 15) is 19.2 Å². The Morgan fingerprint density at radius 3 is 1.58 bits per heavy atom. The van der Waals surface area contributed by atoms with Gasteiger partial charge in [-0.1, -0.05) is 0 Å². The van der Waals surface area contributed by atoms with Crippen LogP contribution in [0.4, 0.5) is 0 Å². The summed E-state index contributed by atoms with van der Waals surface area (Å²) in [5.74, 6) is -2.99. The molecule has 0 aromatic heterocycles. The standard InChI is InChI=1S/C14H19ClO9/c1-6(16)20-11-10(5-15)24-14(23-9(4)19)13(22-8(3)18)12(11)21-7(2)17/h10-14H,5H2,1-4H3/t10-,11+,12+,13-,14?/m1/s1. The minimum Gasteiger partial charge on any atom is -0.456 e. The van der Waals surface area contributed by atoms with Gasteiger partial charge in [-0.2, -0.15) is 0 Å². The lowest BCUT2D eigenvalue weighted by atomic mass is 9.98. The Balaban J connectivity index is 3.23. The first-order valence-corrected chi connectivity index (χ1v) is 7.59. The van der Waals surface area contributed by atoms with E-state index < -0.39 is 54.6 Å². The second-order valence-electron chi connectivity index (χ2n) is 5.03. The minimum atomic E-state index is -1.37. The van der Waals surface area contributed by atoms with E-state index >= 15 is 0 Å². The first kappa shape index (κ1) is 20.2. The van der Waals surface area contributed by atoms with Crippen LogP contribution >= 0.6 is 11.6 Å². The molecule has 10 heteroatoms. The lowest BCUT2D eigenvalue weighted by Gasteiger charge is -2.43. The topological polar surface area (TPSA) is 114 Å². The number of esters is 4. The fourth-order valence-electron chi connectivity index (χ4n) is 2.24. The van der Waals surface area contributed by atoms with Gasteiger partial charge in [-0.15, -0.1) is 11.6 Å². The van der Waals surface area contributed by atoms with Gasteiger partial charge in [0.25, 0.3) is 0 Å². The second kappa shape index (κ2) is 8.84. The molecule has 0 bridgehead atoms. The molecule has 0 aliphatic carbocycles. The molecule has 0 aromatic carbocycles. The molecule has 24 heavy (non-hydrogen) atoms. The second-order valence-corrected chi connectivity index (χ2v) is 5.34. The monoisotopic (exact) mass is 366 g/mol. The predicted molar refractivity (Wildman–Crippen MR) is 77.8 cm³/mol. The molecule has 5 atom stereocenters. The number of hydrogen-bond donors (Lipinski definition) is 0. The molecule has 1 aliphatic rings. The molecule has 1 saturated heterocycles. The molecule has 9 nitrogen and oxygen atoms in total. The van der Waals surface area contributed by atoms with Gasteiger partial charge in [-0.05, 0) is 0 Å². The Hall–Kier alpha value is -1.87. The minimum absolute atomic E-state index is 0.153. The summed E-state index contributed by atoms with van der Waals surface area (Å²) in [6, 6.07) is 0. The van der Waals surface area contributed by atoms with Crippen molar-refractivity contribution in [2.45, 2.75) is 58.4 Å². The number of rotatable bonds is 5. The highest BCUT2D eigenvalue weighted by atomic mass is 35.5. The molecule has 0 aromatic rings. The third-order valence-electron chi connectivity index (χ3n) is 2.93. The van der Waals surface area contributed by atoms with Crippen molar-refractivity contribution in [3.8, 4) is 0 Å². The van der Waals surface area contributed by atoms with Crippen molar-refractivity contribution in [2.24, 2.45) is 0 Å². The molecule has 136 valence electrons. The van der Waals surface area contributed by atoms with Gasteiger partial charge in [0.15, 0.2) is 12.2 Å². The molecule has 1 unspecified atom stereocenters. The average Bonchev–Trinajstić information content (AvgIpc) is 2.42. The van der Waals surface area contributed by atoms with Crippen LogP contribution in [0.3, 0.4) is 0 Å². The van der Waals surface area contributed by atoms with Crippen LogP contribution in [0, 0.1) is 0 Å². The summed E-state index contributed by atoms with van der Waals surface area (Å²) in [5.41, 5.74) is 0. The maximum absolute atomic E-state index is 11.4. The van der Waals surface area contributed by atoms with Crippen molar-refractivity contribution in [1.82, 2.24) is 0 Å². The SMILES string of the molecule is CC(=O)OC1O[C@H](CCl)[C@H](OC(C)=O)[C@H](OC(C)=O)[C@H]1OC(C)=O. The Kier molecular flexibility index (Phi) is 7.43. The van der Waals surface area contributed by atoms with Gasteiger partial charge < -0.3 is 23.7 Å². The van der Waals surface area contributed by atoms with Gasteiger partial charge in [0.1, 0.15) is 6.10 Å². The summed E-state index contributed by atoms with van der Waals surface area (Å²) in [6.45, 7) is 4.52. The van der Waals surface area contributed by atoms with Crippen LogP contribution in [-0.4, -0.2) is 60.5 Å². The van der Waals surface area contributed by atoms with Crippen molar-refractivity contribution in [3.63, 3.8) is 0 Å². The normalized spacial score (nSPS) is 29.3. The lowest BCUT2D eigenvalue weighted by molar-refractivity contribution is -0.292. The molecular formula is C14H19ClO9. The van der Waals surface area contributed by atoms with E-state index in [4.69, 9.17) is 35.3 Å². The highest BCUT2D eigenvalue weighted by Gasteiger charge is 2.52.